The van der Waals surface area contributed by atoms with E-state index in [9.17, 15) is 4.79 Å². The molecule has 1 atom stereocenters. The first-order valence-corrected chi connectivity index (χ1v) is 10.2. The summed E-state index contributed by atoms with van der Waals surface area (Å²) in [6.45, 7) is 6.86. The van der Waals surface area contributed by atoms with Crippen LogP contribution in [0.1, 0.15) is 31.7 Å². The number of primary amides is 1. The highest BCUT2D eigenvalue weighted by atomic mass is 35.5. The molecule has 1 fully saturated rings. The van der Waals surface area contributed by atoms with Crippen molar-refractivity contribution in [1.82, 2.24) is 15.5 Å². The maximum absolute atomic E-state index is 11.4. The Labute approximate surface area is 171 Å². The van der Waals surface area contributed by atoms with E-state index in [0.29, 0.717) is 16.6 Å². The van der Waals surface area contributed by atoms with Gasteiger partial charge in [-0.25, -0.2) is 4.99 Å². The van der Waals surface area contributed by atoms with Gasteiger partial charge in [0.25, 0.3) is 0 Å². The van der Waals surface area contributed by atoms with E-state index in [0.717, 1.165) is 63.5 Å². The summed E-state index contributed by atoms with van der Waals surface area (Å²) < 4.78 is 0. The van der Waals surface area contributed by atoms with Gasteiger partial charge in [0.1, 0.15) is 0 Å². The van der Waals surface area contributed by atoms with E-state index in [1.165, 1.54) is 0 Å². The second-order valence-corrected chi connectivity index (χ2v) is 7.60. The normalized spacial score (nSPS) is 18.3. The van der Waals surface area contributed by atoms with E-state index in [-0.39, 0.29) is 11.8 Å². The number of aliphatic imine (C=N–C) groups is 1. The van der Waals surface area contributed by atoms with Crippen molar-refractivity contribution in [2.45, 2.75) is 32.7 Å². The Balaban J connectivity index is 1.77. The van der Waals surface area contributed by atoms with Crippen LogP contribution in [0.4, 0.5) is 0 Å². The van der Waals surface area contributed by atoms with Gasteiger partial charge in [0.2, 0.25) is 5.91 Å². The fourth-order valence-electron chi connectivity index (χ4n) is 3.16. The summed E-state index contributed by atoms with van der Waals surface area (Å²) in [7, 11) is 0. The molecule has 2 rings (SSSR count). The predicted molar refractivity (Wildman–Crippen MR) is 112 cm³/mol. The fraction of sp³-hybridized carbons (Fsp3) is 0.579. The van der Waals surface area contributed by atoms with Gasteiger partial charge in [-0.1, -0.05) is 29.3 Å². The molecule has 8 heteroatoms. The molecule has 1 aliphatic heterocycles. The van der Waals surface area contributed by atoms with Gasteiger partial charge in [0.05, 0.1) is 12.5 Å². The average Bonchev–Trinajstić information content (AvgIpc) is 2.64. The highest BCUT2D eigenvalue weighted by Gasteiger charge is 2.23. The third kappa shape index (κ3) is 7.56. The average molecular weight is 414 g/mol. The van der Waals surface area contributed by atoms with Crippen molar-refractivity contribution in [3.63, 3.8) is 0 Å². The van der Waals surface area contributed by atoms with Gasteiger partial charge in [-0.05, 0) is 57.0 Å². The maximum Gasteiger partial charge on any atom is 0.221 e. The first-order chi connectivity index (χ1) is 13.0. The molecular formula is C19H29Cl2N5O. The second kappa shape index (κ2) is 11.4. The highest BCUT2D eigenvalue weighted by Crippen LogP contribution is 2.21. The number of guanidine groups is 1. The summed E-state index contributed by atoms with van der Waals surface area (Å²) in [6.07, 6.45) is 2.92. The van der Waals surface area contributed by atoms with E-state index in [1.54, 1.807) is 6.07 Å². The molecule has 1 aromatic carbocycles. The van der Waals surface area contributed by atoms with Crippen LogP contribution in [0.25, 0.3) is 0 Å². The lowest BCUT2D eigenvalue weighted by Gasteiger charge is -2.31. The molecule has 1 unspecified atom stereocenters. The standard InChI is InChI=1S/C19H29Cl2N5O/c1-2-23-19(25-12-14-6-7-16(20)11-17(14)21)24-8-4-10-26-9-3-5-15(13-26)18(22)27/h6-7,11,15H,2-5,8-10,12-13H2,1H3,(H2,22,27)(H2,23,24,25). The first-order valence-electron chi connectivity index (χ1n) is 9.47. The van der Waals surface area contributed by atoms with E-state index in [1.807, 2.05) is 19.1 Å². The van der Waals surface area contributed by atoms with E-state index >= 15 is 0 Å². The van der Waals surface area contributed by atoms with Gasteiger partial charge < -0.3 is 21.3 Å². The number of benzene rings is 1. The van der Waals surface area contributed by atoms with E-state index < -0.39 is 0 Å². The molecule has 27 heavy (non-hydrogen) atoms. The fourth-order valence-corrected chi connectivity index (χ4v) is 3.62. The third-order valence-electron chi connectivity index (χ3n) is 4.62. The smallest absolute Gasteiger partial charge is 0.221 e. The lowest BCUT2D eigenvalue weighted by atomic mass is 9.97. The van der Waals surface area contributed by atoms with Crippen LogP contribution in [0, 0.1) is 5.92 Å². The summed E-state index contributed by atoms with van der Waals surface area (Å²) in [5.74, 6) is 0.576. The quantitative estimate of drug-likeness (QED) is 0.347. The summed E-state index contributed by atoms with van der Waals surface area (Å²) in [5.41, 5.74) is 6.37. The van der Waals surface area contributed by atoms with Crippen LogP contribution in [0.2, 0.25) is 10.0 Å². The Kier molecular flexibility index (Phi) is 9.18. The number of carbonyl (C=O) groups is 1. The summed E-state index contributed by atoms with van der Waals surface area (Å²) in [6, 6.07) is 5.44. The summed E-state index contributed by atoms with van der Waals surface area (Å²) in [5, 5.41) is 7.83. The number of nitrogens with zero attached hydrogens (tertiary/aromatic N) is 2. The third-order valence-corrected chi connectivity index (χ3v) is 5.21. The van der Waals surface area contributed by atoms with Crippen LogP contribution in [0.5, 0.6) is 0 Å². The number of hydrogen-bond acceptors (Lipinski definition) is 3. The number of amides is 1. The number of halogens is 2. The van der Waals surface area contributed by atoms with Crippen molar-refractivity contribution >= 4 is 35.1 Å². The van der Waals surface area contributed by atoms with Crippen LogP contribution >= 0.6 is 23.2 Å². The number of likely N-dealkylation sites (tertiary alicyclic amines) is 1. The molecule has 1 saturated heterocycles. The summed E-state index contributed by atoms with van der Waals surface area (Å²) in [4.78, 5) is 18.3. The molecule has 1 aliphatic rings. The Bertz CT molecular complexity index is 653. The van der Waals surface area contributed by atoms with Crippen LogP contribution in [-0.4, -0.2) is 49.5 Å². The SMILES string of the molecule is CCNC(=NCc1ccc(Cl)cc1Cl)NCCCN1CCCC(C(N)=O)C1. The molecule has 0 aromatic heterocycles. The molecule has 150 valence electrons. The molecule has 1 heterocycles. The minimum absolute atomic E-state index is 0.00489. The number of piperidine rings is 1. The molecule has 0 bridgehead atoms. The van der Waals surface area contributed by atoms with Crippen molar-refractivity contribution in [3.8, 4) is 0 Å². The Morgan fingerprint density at radius 3 is 2.89 bits per heavy atom. The maximum atomic E-state index is 11.4. The van der Waals surface area contributed by atoms with Crippen LogP contribution in [-0.2, 0) is 11.3 Å². The monoisotopic (exact) mass is 413 g/mol. The van der Waals surface area contributed by atoms with E-state index in [4.69, 9.17) is 28.9 Å². The molecular weight excluding hydrogens is 385 g/mol. The number of carbonyl (C=O) groups excluding carboxylic acids is 1. The minimum atomic E-state index is -0.180. The minimum Gasteiger partial charge on any atom is -0.369 e. The number of rotatable bonds is 8. The Morgan fingerprint density at radius 2 is 2.19 bits per heavy atom. The van der Waals surface area contributed by atoms with Gasteiger partial charge in [-0.3, -0.25) is 4.79 Å². The van der Waals surface area contributed by atoms with Crippen LogP contribution in [0.15, 0.2) is 23.2 Å². The number of hydrogen-bond donors (Lipinski definition) is 3. The molecule has 0 spiro atoms. The van der Waals surface area contributed by atoms with E-state index in [2.05, 4.69) is 20.5 Å². The molecule has 4 N–H and O–H groups in total. The Morgan fingerprint density at radius 1 is 1.37 bits per heavy atom. The molecule has 1 aromatic rings. The zero-order valence-corrected chi connectivity index (χ0v) is 17.3. The van der Waals surface area contributed by atoms with Gasteiger partial charge in [0.15, 0.2) is 5.96 Å². The Hall–Kier alpha value is -1.50. The second-order valence-electron chi connectivity index (χ2n) is 6.75. The molecule has 6 nitrogen and oxygen atoms in total. The van der Waals surface area contributed by atoms with Gasteiger partial charge >= 0.3 is 0 Å². The lowest BCUT2D eigenvalue weighted by molar-refractivity contribution is -0.123. The van der Waals surface area contributed by atoms with Crippen molar-refractivity contribution < 1.29 is 4.79 Å². The number of nitrogens with two attached hydrogens (primary N) is 1. The zero-order valence-electron chi connectivity index (χ0n) is 15.8. The van der Waals surface area contributed by atoms with Crippen molar-refractivity contribution in [3.05, 3.63) is 33.8 Å². The predicted octanol–water partition coefficient (Wildman–Crippen LogP) is 2.64. The van der Waals surface area contributed by atoms with Crippen molar-refractivity contribution in [2.75, 3.05) is 32.7 Å². The first kappa shape index (κ1) is 21.8. The highest BCUT2D eigenvalue weighted by molar-refractivity contribution is 6.35. The topological polar surface area (TPSA) is 82.8 Å². The number of nitrogens with one attached hydrogen (secondary N) is 2. The lowest BCUT2D eigenvalue weighted by Crippen LogP contribution is -2.43. The zero-order chi connectivity index (χ0) is 19.6. The van der Waals surface area contributed by atoms with Crippen molar-refractivity contribution in [1.29, 1.82) is 0 Å². The van der Waals surface area contributed by atoms with Gasteiger partial charge in [0, 0.05) is 29.7 Å². The molecule has 0 radical (unpaired) electrons. The van der Waals surface area contributed by atoms with Crippen LogP contribution < -0.4 is 16.4 Å². The largest absolute Gasteiger partial charge is 0.369 e. The van der Waals surface area contributed by atoms with Crippen molar-refractivity contribution in [2.24, 2.45) is 16.6 Å². The summed E-state index contributed by atoms with van der Waals surface area (Å²) >= 11 is 12.1. The van der Waals surface area contributed by atoms with Crippen LogP contribution in [0.3, 0.4) is 0 Å². The van der Waals surface area contributed by atoms with Gasteiger partial charge in [-0.2, -0.15) is 0 Å². The van der Waals surface area contributed by atoms with Gasteiger partial charge in [-0.15, -0.1) is 0 Å². The molecule has 0 aliphatic carbocycles. The molecule has 0 saturated carbocycles. The molecule has 1 amide bonds.